The minimum atomic E-state index is -2.87. The van der Waals surface area contributed by atoms with E-state index in [0.29, 0.717) is 12.2 Å². The first-order valence-electron chi connectivity index (χ1n) is 6.53. The third-order valence-electron chi connectivity index (χ3n) is 4.09. The Hall–Kier alpha value is -0.880. The van der Waals surface area contributed by atoms with Crippen LogP contribution in [0.1, 0.15) is 30.1 Å². The molecule has 18 heavy (non-hydrogen) atoms. The predicted octanol–water partition coefficient (Wildman–Crippen LogP) is 0.186. The van der Waals surface area contributed by atoms with Gasteiger partial charge >= 0.3 is 0 Å². The van der Waals surface area contributed by atoms with Gasteiger partial charge in [-0.25, -0.2) is 13.4 Å². The standard InChI is InChI=1S/C12H19N3O2S/c1-15-11-4-5-13-8-10(11)14-12(15)7-9-3-2-6-18(9,16)17/h9,13H,2-8H2,1H3. The number of hydrogen-bond donors (Lipinski definition) is 1. The molecule has 1 aromatic heterocycles. The van der Waals surface area contributed by atoms with Crippen LogP contribution in [-0.4, -0.2) is 35.5 Å². The molecule has 2 aliphatic heterocycles. The maximum atomic E-state index is 11.9. The molecule has 5 nitrogen and oxygen atoms in total. The fourth-order valence-corrected chi connectivity index (χ4v) is 4.82. The lowest BCUT2D eigenvalue weighted by atomic mass is 10.2. The lowest BCUT2D eigenvalue weighted by Crippen LogP contribution is -2.24. The summed E-state index contributed by atoms with van der Waals surface area (Å²) in [6.45, 7) is 1.79. The fraction of sp³-hybridized carbons (Fsp3) is 0.750. The molecule has 1 saturated heterocycles. The number of hydrogen-bond acceptors (Lipinski definition) is 4. The first-order valence-corrected chi connectivity index (χ1v) is 8.25. The zero-order valence-electron chi connectivity index (χ0n) is 10.6. The number of imidazole rings is 1. The van der Waals surface area contributed by atoms with E-state index in [1.54, 1.807) is 0 Å². The summed E-state index contributed by atoms with van der Waals surface area (Å²) >= 11 is 0. The first kappa shape index (κ1) is 12.2. The Bertz CT molecular complexity index is 562. The molecule has 6 heteroatoms. The maximum Gasteiger partial charge on any atom is 0.153 e. The van der Waals surface area contributed by atoms with Gasteiger partial charge in [-0.3, -0.25) is 0 Å². The minimum Gasteiger partial charge on any atom is -0.335 e. The molecule has 0 amide bonds. The van der Waals surface area contributed by atoms with Crippen LogP contribution >= 0.6 is 0 Å². The summed E-state index contributed by atoms with van der Waals surface area (Å²) in [6, 6.07) is 0. The lowest BCUT2D eigenvalue weighted by Gasteiger charge is -2.13. The van der Waals surface area contributed by atoms with Crippen molar-refractivity contribution in [1.82, 2.24) is 14.9 Å². The molecule has 0 bridgehead atoms. The summed E-state index contributed by atoms with van der Waals surface area (Å²) < 4.78 is 25.8. The lowest BCUT2D eigenvalue weighted by molar-refractivity contribution is 0.583. The monoisotopic (exact) mass is 269 g/mol. The van der Waals surface area contributed by atoms with Crippen molar-refractivity contribution in [2.75, 3.05) is 12.3 Å². The van der Waals surface area contributed by atoms with Crippen molar-refractivity contribution in [3.63, 3.8) is 0 Å². The van der Waals surface area contributed by atoms with Crippen LogP contribution in [0.3, 0.4) is 0 Å². The summed E-state index contributed by atoms with van der Waals surface area (Å²) in [5.41, 5.74) is 2.35. The average molecular weight is 269 g/mol. The Kier molecular flexibility index (Phi) is 2.94. The van der Waals surface area contributed by atoms with Crippen molar-refractivity contribution in [2.45, 2.75) is 37.5 Å². The van der Waals surface area contributed by atoms with Gasteiger partial charge in [-0.15, -0.1) is 0 Å². The number of aromatic nitrogens is 2. The Balaban J connectivity index is 1.87. The van der Waals surface area contributed by atoms with Gasteiger partial charge in [0.2, 0.25) is 0 Å². The van der Waals surface area contributed by atoms with Gasteiger partial charge in [0.05, 0.1) is 16.7 Å². The highest BCUT2D eigenvalue weighted by molar-refractivity contribution is 7.92. The van der Waals surface area contributed by atoms with Crippen molar-refractivity contribution in [1.29, 1.82) is 0 Å². The van der Waals surface area contributed by atoms with E-state index in [4.69, 9.17) is 0 Å². The number of sulfone groups is 1. The van der Waals surface area contributed by atoms with Crippen LogP contribution in [0.4, 0.5) is 0 Å². The number of rotatable bonds is 2. The SMILES string of the molecule is Cn1c(CC2CCCS2(=O)=O)nc2c1CCNC2. The van der Waals surface area contributed by atoms with E-state index in [0.717, 1.165) is 43.9 Å². The molecule has 2 aliphatic rings. The molecule has 1 fully saturated rings. The zero-order chi connectivity index (χ0) is 12.8. The van der Waals surface area contributed by atoms with Crippen molar-refractivity contribution >= 4 is 9.84 Å². The molecule has 0 radical (unpaired) electrons. The molecule has 100 valence electrons. The van der Waals surface area contributed by atoms with E-state index in [9.17, 15) is 8.42 Å². The summed E-state index contributed by atoms with van der Waals surface area (Å²) in [7, 11) is -0.864. The Morgan fingerprint density at radius 2 is 2.33 bits per heavy atom. The molecule has 0 aromatic carbocycles. The molecular formula is C12H19N3O2S. The summed E-state index contributed by atoms with van der Waals surface area (Å²) in [6.07, 6.45) is 3.15. The number of nitrogens with one attached hydrogen (secondary N) is 1. The molecular weight excluding hydrogens is 250 g/mol. The highest BCUT2D eigenvalue weighted by Crippen LogP contribution is 2.24. The molecule has 1 aromatic rings. The minimum absolute atomic E-state index is 0.215. The molecule has 0 aliphatic carbocycles. The Morgan fingerprint density at radius 1 is 1.50 bits per heavy atom. The Labute approximate surface area is 108 Å². The highest BCUT2D eigenvalue weighted by Gasteiger charge is 2.33. The van der Waals surface area contributed by atoms with Crippen LogP contribution in [0, 0.1) is 0 Å². The van der Waals surface area contributed by atoms with Gasteiger partial charge in [0.25, 0.3) is 0 Å². The molecule has 1 unspecified atom stereocenters. The Morgan fingerprint density at radius 3 is 3.00 bits per heavy atom. The van der Waals surface area contributed by atoms with Crippen LogP contribution in [0.25, 0.3) is 0 Å². The van der Waals surface area contributed by atoms with Gasteiger partial charge in [-0.1, -0.05) is 0 Å². The molecule has 1 atom stereocenters. The zero-order valence-corrected chi connectivity index (χ0v) is 11.5. The summed E-state index contributed by atoms with van der Waals surface area (Å²) in [5.74, 6) is 1.28. The third kappa shape index (κ3) is 1.97. The van der Waals surface area contributed by atoms with E-state index in [1.807, 2.05) is 7.05 Å². The van der Waals surface area contributed by atoms with Gasteiger partial charge in [0.15, 0.2) is 9.84 Å². The van der Waals surface area contributed by atoms with E-state index in [2.05, 4.69) is 14.9 Å². The van der Waals surface area contributed by atoms with Crippen molar-refractivity contribution in [2.24, 2.45) is 7.05 Å². The first-order chi connectivity index (χ1) is 8.58. The summed E-state index contributed by atoms with van der Waals surface area (Å²) in [4.78, 5) is 4.62. The van der Waals surface area contributed by atoms with Crippen LogP contribution in [0.15, 0.2) is 0 Å². The summed E-state index contributed by atoms with van der Waals surface area (Å²) in [5, 5.41) is 3.08. The molecule has 1 N–H and O–H groups in total. The van der Waals surface area contributed by atoms with Gasteiger partial charge in [-0.2, -0.15) is 0 Å². The van der Waals surface area contributed by atoms with Crippen LogP contribution < -0.4 is 5.32 Å². The van der Waals surface area contributed by atoms with Crippen LogP contribution in [0.5, 0.6) is 0 Å². The number of nitrogens with zero attached hydrogens (tertiary/aromatic N) is 2. The predicted molar refractivity (Wildman–Crippen MR) is 69.1 cm³/mol. The van der Waals surface area contributed by atoms with Crippen molar-refractivity contribution < 1.29 is 8.42 Å². The molecule has 0 saturated carbocycles. The smallest absolute Gasteiger partial charge is 0.153 e. The largest absolute Gasteiger partial charge is 0.335 e. The van der Waals surface area contributed by atoms with Crippen LogP contribution in [0.2, 0.25) is 0 Å². The number of fused-ring (bicyclic) bond motifs is 1. The van der Waals surface area contributed by atoms with Gasteiger partial charge in [0, 0.05) is 38.7 Å². The van der Waals surface area contributed by atoms with Gasteiger partial charge in [0.1, 0.15) is 5.82 Å². The molecule has 0 spiro atoms. The quantitative estimate of drug-likeness (QED) is 0.832. The third-order valence-corrected chi connectivity index (χ3v) is 6.37. The van der Waals surface area contributed by atoms with E-state index >= 15 is 0 Å². The maximum absolute atomic E-state index is 11.9. The second-order valence-corrected chi connectivity index (χ2v) is 7.64. The van der Waals surface area contributed by atoms with Crippen LogP contribution in [-0.2, 0) is 36.3 Å². The normalized spacial score (nSPS) is 26.2. The topological polar surface area (TPSA) is 64.0 Å². The molecule has 3 heterocycles. The van der Waals surface area contributed by atoms with E-state index < -0.39 is 9.84 Å². The fourth-order valence-electron chi connectivity index (χ4n) is 2.99. The molecule has 3 rings (SSSR count). The second-order valence-electron chi connectivity index (χ2n) is 5.24. The van der Waals surface area contributed by atoms with Gasteiger partial charge < -0.3 is 9.88 Å². The average Bonchev–Trinajstić information content (AvgIpc) is 2.83. The van der Waals surface area contributed by atoms with E-state index in [-0.39, 0.29) is 5.25 Å². The van der Waals surface area contributed by atoms with E-state index in [1.165, 1.54) is 5.69 Å². The van der Waals surface area contributed by atoms with Crippen molar-refractivity contribution in [3.8, 4) is 0 Å². The highest BCUT2D eigenvalue weighted by atomic mass is 32.2. The van der Waals surface area contributed by atoms with Gasteiger partial charge in [-0.05, 0) is 12.8 Å². The van der Waals surface area contributed by atoms with Crippen molar-refractivity contribution in [3.05, 3.63) is 17.2 Å². The second kappa shape index (κ2) is 4.35.